The Morgan fingerprint density at radius 3 is 2.67 bits per heavy atom. The molecule has 3 aromatic rings. The van der Waals surface area contributed by atoms with Crippen LogP contribution in [0.15, 0.2) is 30.5 Å². The smallest absolute Gasteiger partial charge is 0.214 e. The van der Waals surface area contributed by atoms with Gasteiger partial charge in [0.2, 0.25) is 10.1 Å². The SMILES string of the molecule is CN(CCN1CCCC1)c1nn2cc(-c3ccc(Cl)cc3)nc2s1. The molecule has 2 aromatic heterocycles. The lowest BCUT2D eigenvalue weighted by Crippen LogP contribution is -2.31. The number of likely N-dealkylation sites (N-methyl/N-ethyl adjacent to an activating group) is 1. The number of rotatable bonds is 5. The van der Waals surface area contributed by atoms with Crippen LogP contribution >= 0.6 is 22.9 Å². The highest BCUT2D eigenvalue weighted by Crippen LogP contribution is 2.26. The molecule has 126 valence electrons. The summed E-state index contributed by atoms with van der Waals surface area (Å²) in [6.07, 6.45) is 4.65. The highest BCUT2D eigenvalue weighted by molar-refractivity contribution is 7.20. The largest absolute Gasteiger partial charge is 0.348 e. The molecule has 3 heterocycles. The lowest BCUT2D eigenvalue weighted by atomic mass is 10.2. The molecule has 0 unspecified atom stereocenters. The zero-order valence-electron chi connectivity index (χ0n) is 13.7. The van der Waals surface area contributed by atoms with Crippen molar-refractivity contribution in [3.8, 4) is 11.3 Å². The molecule has 0 bridgehead atoms. The first-order valence-electron chi connectivity index (χ1n) is 8.25. The van der Waals surface area contributed by atoms with Gasteiger partial charge in [0.15, 0.2) is 0 Å². The minimum Gasteiger partial charge on any atom is -0.348 e. The van der Waals surface area contributed by atoms with Crippen molar-refractivity contribution in [2.75, 3.05) is 38.1 Å². The molecule has 0 atom stereocenters. The van der Waals surface area contributed by atoms with Crippen LogP contribution in [0.1, 0.15) is 12.8 Å². The molecule has 0 saturated carbocycles. The average Bonchev–Trinajstić information content (AvgIpc) is 3.29. The van der Waals surface area contributed by atoms with Crippen molar-refractivity contribution in [2.24, 2.45) is 0 Å². The van der Waals surface area contributed by atoms with Gasteiger partial charge in [0.25, 0.3) is 0 Å². The van der Waals surface area contributed by atoms with E-state index in [4.69, 9.17) is 16.6 Å². The van der Waals surface area contributed by atoms with Crippen LogP contribution in [-0.4, -0.2) is 52.7 Å². The molecular formula is C17H20ClN5S. The number of likely N-dealkylation sites (tertiary alicyclic amines) is 1. The third-order valence-electron chi connectivity index (χ3n) is 4.45. The maximum absolute atomic E-state index is 5.94. The van der Waals surface area contributed by atoms with Crippen LogP contribution in [0.4, 0.5) is 5.13 Å². The summed E-state index contributed by atoms with van der Waals surface area (Å²) in [5.41, 5.74) is 1.98. The van der Waals surface area contributed by atoms with Gasteiger partial charge in [-0.25, -0.2) is 9.50 Å². The summed E-state index contributed by atoms with van der Waals surface area (Å²) in [4.78, 5) is 10.4. The van der Waals surface area contributed by atoms with Crippen LogP contribution < -0.4 is 4.90 Å². The average molecular weight is 362 g/mol. The van der Waals surface area contributed by atoms with E-state index in [2.05, 4.69) is 21.9 Å². The number of imidazole rings is 1. The first-order valence-corrected chi connectivity index (χ1v) is 9.44. The molecule has 24 heavy (non-hydrogen) atoms. The molecule has 0 radical (unpaired) electrons. The van der Waals surface area contributed by atoms with Gasteiger partial charge in [-0.15, -0.1) is 5.10 Å². The minimum atomic E-state index is 0.736. The molecule has 1 saturated heterocycles. The van der Waals surface area contributed by atoms with Crippen LogP contribution in [-0.2, 0) is 0 Å². The van der Waals surface area contributed by atoms with Crippen LogP contribution in [0, 0.1) is 0 Å². The summed E-state index contributed by atoms with van der Waals surface area (Å²) in [5, 5.41) is 6.42. The molecule has 1 aliphatic rings. The zero-order valence-corrected chi connectivity index (χ0v) is 15.2. The third kappa shape index (κ3) is 3.27. The number of nitrogens with zero attached hydrogens (tertiary/aromatic N) is 5. The second kappa shape index (κ2) is 6.70. The highest BCUT2D eigenvalue weighted by Gasteiger charge is 2.15. The van der Waals surface area contributed by atoms with Gasteiger partial charge >= 0.3 is 0 Å². The summed E-state index contributed by atoms with van der Waals surface area (Å²) in [6, 6.07) is 7.74. The summed E-state index contributed by atoms with van der Waals surface area (Å²) < 4.78 is 1.87. The van der Waals surface area contributed by atoms with Crippen molar-refractivity contribution in [3.63, 3.8) is 0 Å². The van der Waals surface area contributed by atoms with E-state index in [1.165, 1.54) is 25.9 Å². The van der Waals surface area contributed by atoms with Gasteiger partial charge in [-0.3, -0.25) is 0 Å². The first-order chi connectivity index (χ1) is 11.7. The number of aromatic nitrogens is 3. The van der Waals surface area contributed by atoms with E-state index in [-0.39, 0.29) is 0 Å². The second-order valence-electron chi connectivity index (χ2n) is 6.22. The molecule has 7 heteroatoms. The predicted octanol–water partition coefficient (Wildman–Crippen LogP) is 3.64. The Labute approximate surface area is 150 Å². The van der Waals surface area contributed by atoms with Gasteiger partial charge in [0.1, 0.15) is 0 Å². The highest BCUT2D eigenvalue weighted by atomic mass is 35.5. The van der Waals surface area contributed by atoms with E-state index in [1.54, 1.807) is 11.3 Å². The maximum atomic E-state index is 5.94. The van der Waals surface area contributed by atoms with E-state index in [0.717, 1.165) is 39.5 Å². The predicted molar refractivity (Wildman–Crippen MR) is 100 cm³/mol. The first kappa shape index (κ1) is 15.9. The Bertz CT molecular complexity index is 788. The Balaban J connectivity index is 1.47. The third-order valence-corrected chi connectivity index (χ3v) is 5.74. The molecular weight excluding hydrogens is 342 g/mol. The summed E-state index contributed by atoms with van der Waals surface area (Å²) in [7, 11) is 2.11. The normalized spacial score (nSPS) is 15.4. The van der Waals surface area contributed by atoms with Crippen molar-refractivity contribution < 1.29 is 0 Å². The number of hydrogen-bond donors (Lipinski definition) is 0. The standard InChI is InChI=1S/C17H20ClN5S/c1-21(10-11-22-8-2-3-9-22)17-20-23-12-15(19-16(23)24-17)13-4-6-14(18)7-5-13/h4-7,12H,2-3,8-11H2,1H3. The Morgan fingerprint density at radius 2 is 1.96 bits per heavy atom. The van der Waals surface area contributed by atoms with Crippen LogP contribution in [0.3, 0.4) is 0 Å². The van der Waals surface area contributed by atoms with Crippen molar-refractivity contribution in [3.05, 3.63) is 35.5 Å². The molecule has 0 spiro atoms. The number of anilines is 1. The zero-order chi connectivity index (χ0) is 16.5. The van der Waals surface area contributed by atoms with E-state index in [1.807, 2.05) is 35.0 Å². The van der Waals surface area contributed by atoms with Crippen LogP contribution in [0.25, 0.3) is 16.2 Å². The fourth-order valence-electron chi connectivity index (χ4n) is 3.00. The Hall–Kier alpha value is -1.63. The number of benzene rings is 1. The minimum absolute atomic E-state index is 0.736. The molecule has 5 nitrogen and oxygen atoms in total. The van der Waals surface area contributed by atoms with Gasteiger partial charge in [0.05, 0.1) is 11.9 Å². The van der Waals surface area contributed by atoms with Gasteiger partial charge in [-0.1, -0.05) is 35.1 Å². The quantitative estimate of drug-likeness (QED) is 0.695. The van der Waals surface area contributed by atoms with Crippen molar-refractivity contribution in [2.45, 2.75) is 12.8 Å². The fourth-order valence-corrected chi connectivity index (χ4v) is 3.99. The molecule has 1 aliphatic heterocycles. The van der Waals surface area contributed by atoms with Crippen molar-refractivity contribution in [1.29, 1.82) is 0 Å². The van der Waals surface area contributed by atoms with Gasteiger partial charge in [-0.2, -0.15) is 0 Å². The lowest BCUT2D eigenvalue weighted by molar-refractivity contribution is 0.346. The molecule has 0 aliphatic carbocycles. The van der Waals surface area contributed by atoms with E-state index in [0.29, 0.717) is 0 Å². The van der Waals surface area contributed by atoms with E-state index < -0.39 is 0 Å². The van der Waals surface area contributed by atoms with Crippen molar-refractivity contribution >= 4 is 33.0 Å². The summed E-state index contributed by atoms with van der Waals surface area (Å²) in [6.45, 7) is 4.58. The van der Waals surface area contributed by atoms with E-state index in [9.17, 15) is 0 Å². The van der Waals surface area contributed by atoms with E-state index >= 15 is 0 Å². The topological polar surface area (TPSA) is 36.7 Å². The summed E-state index contributed by atoms with van der Waals surface area (Å²) in [5.74, 6) is 0. The number of fused-ring (bicyclic) bond motifs is 1. The van der Waals surface area contributed by atoms with Gasteiger partial charge in [-0.05, 0) is 38.1 Å². The molecule has 1 aromatic carbocycles. The van der Waals surface area contributed by atoms with Crippen LogP contribution in [0.5, 0.6) is 0 Å². The Morgan fingerprint density at radius 1 is 1.21 bits per heavy atom. The monoisotopic (exact) mass is 361 g/mol. The Kier molecular flexibility index (Phi) is 4.43. The molecule has 0 amide bonds. The summed E-state index contributed by atoms with van der Waals surface area (Å²) >= 11 is 7.57. The second-order valence-corrected chi connectivity index (χ2v) is 7.59. The molecule has 0 N–H and O–H groups in total. The lowest BCUT2D eigenvalue weighted by Gasteiger charge is -2.20. The molecule has 4 rings (SSSR count). The maximum Gasteiger partial charge on any atom is 0.214 e. The van der Waals surface area contributed by atoms with Crippen molar-refractivity contribution in [1.82, 2.24) is 19.5 Å². The number of hydrogen-bond acceptors (Lipinski definition) is 5. The van der Waals surface area contributed by atoms with Gasteiger partial charge < -0.3 is 9.80 Å². The number of halogens is 1. The fraction of sp³-hybridized carbons (Fsp3) is 0.412. The molecule has 1 fully saturated rings. The van der Waals surface area contributed by atoms with Gasteiger partial charge in [0, 0.05) is 30.7 Å². The van der Waals surface area contributed by atoms with Crippen LogP contribution in [0.2, 0.25) is 5.02 Å².